The molecule has 0 heterocycles. The van der Waals surface area contributed by atoms with Gasteiger partial charge < -0.3 is 10.2 Å². The van der Waals surface area contributed by atoms with Crippen molar-refractivity contribution in [2.75, 3.05) is 6.61 Å². The van der Waals surface area contributed by atoms with Gasteiger partial charge in [0.1, 0.15) is 0 Å². The molecule has 2 rings (SSSR count). The van der Waals surface area contributed by atoms with Gasteiger partial charge in [-0.2, -0.15) is 0 Å². The van der Waals surface area contributed by atoms with Crippen molar-refractivity contribution in [1.82, 2.24) is 0 Å². The molecule has 0 aliphatic rings. The second-order valence-corrected chi connectivity index (χ2v) is 8.63. The maximum Gasteiger partial charge on any atom is 0.303 e. The molecular formula is C19H22O3S2. The molecule has 0 aromatic heterocycles. The van der Waals surface area contributed by atoms with E-state index in [4.69, 9.17) is 5.11 Å². The highest BCUT2D eigenvalue weighted by Gasteiger charge is 2.33. The van der Waals surface area contributed by atoms with Gasteiger partial charge in [-0.1, -0.05) is 36.4 Å². The summed E-state index contributed by atoms with van der Waals surface area (Å²) >= 11 is 3.40. The van der Waals surface area contributed by atoms with E-state index >= 15 is 0 Å². The van der Waals surface area contributed by atoms with Crippen LogP contribution in [0.1, 0.15) is 25.7 Å². The van der Waals surface area contributed by atoms with E-state index in [2.05, 4.69) is 0 Å². The van der Waals surface area contributed by atoms with Gasteiger partial charge in [0.15, 0.2) is 0 Å². The summed E-state index contributed by atoms with van der Waals surface area (Å²) in [6.45, 7) is 0.111. The number of carbonyl (C=O) groups is 1. The van der Waals surface area contributed by atoms with E-state index in [0.29, 0.717) is 12.8 Å². The maximum absolute atomic E-state index is 11.2. The highest BCUT2D eigenvalue weighted by Crippen LogP contribution is 2.51. The second kappa shape index (κ2) is 9.77. The van der Waals surface area contributed by atoms with Gasteiger partial charge in [-0.3, -0.25) is 4.79 Å². The van der Waals surface area contributed by atoms with Gasteiger partial charge >= 0.3 is 5.97 Å². The van der Waals surface area contributed by atoms with Gasteiger partial charge in [0.25, 0.3) is 0 Å². The number of aliphatic carboxylic acids is 1. The Bertz CT molecular complexity index is 576. The lowest BCUT2D eigenvalue weighted by Gasteiger charge is -2.32. The number of rotatable bonds is 10. The summed E-state index contributed by atoms with van der Waals surface area (Å²) in [5, 5.41) is 18.5. The molecule has 2 N–H and O–H groups in total. The first-order valence-electron chi connectivity index (χ1n) is 7.94. The van der Waals surface area contributed by atoms with Crippen molar-refractivity contribution in [3.8, 4) is 0 Å². The molecule has 0 bridgehead atoms. The van der Waals surface area contributed by atoms with E-state index in [1.165, 1.54) is 0 Å². The molecule has 0 fully saturated rings. The predicted molar refractivity (Wildman–Crippen MR) is 101 cm³/mol. The van der Waals surface area contributed by atoms with Crippen LogP contribution >= 0.6 is 23.5 Å². The monoisotopic (exact) mass is 362 g/mol. The number of aliphatic hydroxyl groups is 1. The molecule has 0 amide bonds. The molecule has 0 aliphatic heterocycles. The van der Waals surface area contributed by atoms with Crippen LogP contribution in [0.5, 0.6) is 0 Å². The molecule has 0 saturated heterocycles. The molecule has 0 aliphatic carbocycles. The van der Waals surface area contributed by atoms with Gasteiger partial charge in [0.05, 0.1) is 4.08 Å². The lowest BCUT2D eigenvalue weighted by Crippen LogP contribution is -2.22. The Balaban J connectivity index is 2.27. The zero-order valence-electron chi connectivity index (χ0n) is 13.4. The maximum atomic E-state index is 11.2. The molecular weight excluding hydrogens is 340 g/mol. The summed E-state index contributed by atoms with van der Waals surface area (Å²) in [7, 11) is 0. The van der Waals surface area contributed by atoms with Crippen LogP contribution in [-0.4, -0.2) is 26.9 Å². The van der Waals surface area contributed by atoms with Crippen molar-refractivity contribution in [3.05, 3.63) is 60.7 Å². The van der Waals surface area contributed by atoms with Crippen molar-refractivity contribution < 1.29 is 15.0 Å². The summed E-state index contributed by atoms with van der Waals surface area (Å²) in [4.78, 5) is 13.4. The van der Waals surface area contributed by atoms with Crippen molar-refractivity contribution in [3.63, 3.8) is 0 Å². The first-order chi connectivity index (χ1) is 11.6. The summed E-state index contributed by atoms with van der Waals surface area (Å²) in [5.41, 5.74) is 0. The van der Waals surface area contributed by atoms with E-state index in [9.17, 15) is 9.90 Å². The van der Waals surface area contributed by atoms with Crippen LogP contribution in [0.15, 0.2) is 70.5 Å². The van der Waals surface area contributed by atoms with Crippen LogP contribution in [-0.2, 0) is 4.79 Å². The highest BCUT2D eigenvalue weighted by molar-refractivity contribution is 8.18. The normalized spacial score (nSPS) is 11.4. The third kappa shape index (κ3) is 6.23. The van der Waals surface area contributed by atoms with Gasteiger partial charge in [-0.25, -0.2) is 0 Å². The Hall–Kier alpha value is -1.43. The molecule has 0 radical (unpaired) electrons. The summed E-state index contributed by atoms with van der Waals surface area (Å²) < 4.78 is -0.316. The van der Waals surface area contributed by atoms with E-state index in [0.717, 1.165) is 16.2 Å². The third-order valence-corrected chi connectivity index (χ3v) is 6.61. The zero-order valence-corrected chi connectivity index (χ0v) is 15.1. The number of aliphatic hydroxyl groups excluding tert-OH is 1. The van der Waals surface area contributed by atoms with Gasteiger partial charge in [-0.05, 0) is 43.5 Å². The first-order valence-corrected chi connectivity index (χ1v) is 9.58. The third-order valence-electron chi connectivity index (χ3n) is 3.53. The number of hydrogen-bond donors (Lipinski definition) is 2. The van der Waals surface area contributed by atoms with Gasteiger partial charge in [0, 0.05) is 22.8 Å². The van der Waals surface area contributed by atoms with Crippen LogP contribution in [0.25, 0.3) is 0 Å². The number of carboxylic acid groups (broad SMARTS) is 1. The Labute approximate surface area is 151 Å². The number of carboxylic acids is 1. The Morgan fingerprint density at radius 3 is 1.79 bits per heavy atom. The fourth-order valence-electron chi connectivity index (χ4n) is 2.40. The summed E-state index contributed by atoms with van der Waals surface area (Å²) in [5.74, 6) is -0.786. The van der Waals surface area contributed by atoms with Crippen molar-refractivity contribution in [2.45, 2.75) is 39.6 Å². The Kier molecular flexibility index (Phi) is 7.69. The lowest BCUT2D eigenvalue weighted by atomic mass is 10.1. The number of hydrogen-bond acceptors (Lipinski definition) is 4. The van der Waals surface area contributed by atoms with E-state index in [1.807, 2.05) is 60.7 Å². The largest absolute Gasteiger partial charge is 0.481 e. The van der Waals surface area contributed by atoms with Crippen molar-refractivity contribution in [1.29, 1.82) is 0 Å². The minimum absolute atomic E-state index is 0.111. The molecule has 0 saturated carbocycles. The number of benzene rings is 2. The van der Waals surface area contributed by atoms with Crippen molar-refractivity contribution >= 4 is 29.5 Å². The van der Waals surface area contributed by atoms with Crippen LogP contribution in [0.2, 0.25) is 0 Å². The first kappa shape index (κ1) is 18.9. The Morgan fingerprint density at radius 2 is 1.38 bits per heavy atom. The van der Waals surface area contributed by atoms with Gasteiger partial charge in [-0.15, -0.1) is 23.5 Å². The standard InChI is InChI=1S/C19H22O3S2/c20-15-7-13-19(14-12-18(21)22,23-16-8-3-1-4-9-16)24-17-10-5-2-6-11-17/h1-6,8-11,20H,7,12-15H2,(H,21,22). The second-order valence-electron chi connectivity index (χ2n) is 5.46. The van der Waals surface area contributed by atoms with Crippen LogP contribution in [0.4, 0.5) is 0 Å². The highest BCUT2D eigenvalue weighted by atomic mass is 32.2. The minimum Gasteiger partial charge on any atom is -0.481 e. The molecule has 5 heteroatoms. The van der Waals surface area contributed by atoms with Crippen LogP contribution < -0.4 is 0 Å². The molecule has 0 atom stereocenters. The average Bonchev–Trinajstić information content (AvgIpc) is 2.60. The topological polar surface area (TPSA) is 57.5 Å². The van der Waals surface area contributed by atoms with Gasteiger partial charge in [0.2, 0.25) is 0 Å². The van der Waals surface area contributed by atoms with E-state index in [1.54, 1.807) is 23.5 Å². The number of thioether (sulfide) groups is 2. The van der Waals surface area contributed by atoms with E-state index < -0.39 is 5.97 Å². The molecule has 2 aromatic carbocycles. The minimum atomic E-state index is -0.786. The fourth-order valence-corrected chi connectivity index (χ4v) is 5.49. The molecule has 0 spiro atoms. The smallest absolute Gasteiger partial charge is 0.303 e. The molecule has 3 nitrogen and oxygen atoms in total. The fraction of sp³-hybridized carbons (Fsp3) is 0.316. The predicted octanol–water partition coefficient (Wildman–Crippen LogP) is 4.90. The Morgan fingerprint density at radius 1 is 0.875 bits per heavy atom. The molecule has 0 unspecified atom stereocenters. The molecule has 128 valence electrons. The SMILES string of the molecule is O=C(O)CCC(CCCO)(Sc1ccccc1)Sc1ccccc1. The van der Waals surface area contributed by atoms with E-state index in [-0.39, 0.29) is 17.1 Å². The summed E-state index contributed by atoms with van der Waals surface area (Å²) in [6, 6.07) is 20.1. The average molecular weight is 363 g/mol. The van der Waals surface area contributed by atoms with Crippen molar-refractivity contribution in [2.24, 2.45) is 0 Å². The zero-order chi connectivity index (χ0) is 17.3. The molecule has 24 heavy (non-hydrogen) atoms. The molecule has 2 aromatic rings. The summed E-state index contributed by atoms with van der Waals surface area (Å²) in [6.07, 6.45) is 2.06. The van der Waals surface area contributed by atoms with Crippen LogP contribution in [0, 0.1) is 0 Å². The quantitative estimate of drug-likeness (QED) is 0.465. The lowest BCUT2D eigenvalue weighted by molar-refractivity contribution is -0.137. The van der Waals surface area contributed by atoms with Crippen LogP contribution in [0.3, 0.4) is 0 Å².